The fourth-order valence-electron chi connectivity index (χ4n) is 1.98. The number of rotatable bonds is 4. The molecule has 19 heavy (non-hydrogen) atoms. The molecule has 1 aliphatic rings. The van der Waals surface area contributed by atoms with Gasteiger partial charge in [0.1, 0.15) is 0 Å². The van der Waals surface area contributed by atoms with Gasteiger partial charge in [-0.3, -0.25) is 4.79 Å². The Balaban J connectivity index is 1.94. The molecular weight excluding hydrogens is 244 g/mol. The summed E-state index contributed by atoms with van der Waals surface area (Å²) in [6, 6.07) is 6.93. The Morgan fingerprint density at radius 1 is 1.32 bits per heavy atom. The maximum absolute atomic E-state index is 11.8. The van der Waals surface area contributed by atoms with Crippen molar-refractivity contribution in [3.05, 3.63) is 35.9 Å². The average molecular weight is 260 g/mol. The van der Waals surface area contributed by atoms with Crippen molar-refractivity contribution in [1.29, 1.82) is 0 Å². The van der Waals surface area contributed by atoms with Crippen molar-refractivity contribution in [3.63, 3.8) is 0 Å². The van der Waals surface area contributed by atoms with Gasteiger partial charge in [0.15, 0.2) is 0 Å². The Kier molecular flexibility index (Phi) is 4.30. The van der Waals surface area contributed by atoms with E-state index >= 15 is 0 Å². The highest BCUT2D eigenvalue weighted by atomic mass is 16.4. The van der Waals surface area contributed by atoms with Crippen LogP contribution in [-0.4, -0.2) is 29.6 Å². The maximum Gasteiger partial charge on any atom is 0.328 e. The van der Waals surface area contributed by atoms with E-state index in [0.29, 0.717) is 5.69 Å². The molecule has 1 saturated heterocycles. The SMILES string of the molecule is O=C(O)/C=C/c1ccc(NC(=O)[C@@H]2CCCN2)cc1. The van der Waals surface area contributed by atoms with E-state index in [-0.39, 0.29) is 11.9 Å². The van der Waals surface area contributed by atoms with Crippen molar-refractivity contribution in [2.24, 2.45) is 0 Å². The molecule has 1 aromatic carbocycles. The van der Waals surface area contributed by atoms with E-state index in [9.17, 15) is 9.59 Å². The Morgan fingerprint density at radius 2 is 2.05 bits per heavy atom. The molecule has 0 aliphatic carbocycles. The topological polar surface area (TPSA) is 78.4 Å². The molecule has 1 amide bonds. The Morgan fingerprint density at radius 3 is 2.63 bits per heavy atom. The van der Waals surface area contributed by atoms with E-state index < -0.39 is 5.97 Å². The van der Waals surface area contributed by atoms with E-state index in [0.717, 1.165) is 31.0 Å². The largest absolute Gasteiger partial charge is 0.478 e. The van der Waals surface area contributed by atoms with Crippen LogP contribution in [0.1, 0.15) is 18.4 Å². The van der Waals surface area contributed by atoms with Gasteiger partial charge < -0.3 is 15.7 Å². The molecule has 5 nitrogen and oxygen atoms in total. The van der Waals surface area contributed by atoms with Gasteiger partial charge in [0.2, 0.25) is 5.91 Å². The zero-order chi connectivity index (χ0) is 13.7. The van der Waals surface area contributed by atoms with Gasteiger partial charge in [-0.1, -0.05) is 12.1 Å². The fraction of sp³-hybridized carbons (Fsp3) is 0.286. The molecule has 0 bridgehead atoms. The summed E-state index contributed by atoms with van der Waals surface area (Å²) in [6.45, 7) is 0.886. The molecule has 2 rings (SSSR count). The molecule has 1 fully saturated rings. The minimum Gasteiger partial charge on any atom is -0.478 e. The van der Waals surface area contributed by atoms with Crippen LogP contribution in [-0.2, 0) is 9.59 Å². The molecule has 0 saturated carbocycles. The molecule has 3 N–H and O–H groups in total. The number of benzene rings is 1. The van der Waals surface area contributed by atoms with Crippen LogP contribution >= 0.6 is 0 Å². The summed E-state index contributed by atoms with van der Waals surface area (Å²) in [5, 5.41) is 14.5. The number of carbonyl (C=O) groups is 2. The molecule has 5 heteroatoms. The second-order valence-electron chi connectivity index (χ2n) is 4.43. The van der Waals surface area contributed by atoms with Crippen LogP contribution in [0.4, 0.5) is 5.69 Å². The van der Waals surface area contributed by atoms with Crippen LogP contribution in [0.3, 0.4) is 0 Å². The van der Waals surface area contributed by atoms with Gasteiger partial charge in [0, 0.05) is 11.8 Å². The molecule has 1 aromatic rings. The van der Waals surface area contributed by atoms with E-state index in [1.807, 2.05) is 0 Å². The predicted octanol–water partition coefficient (Wildman–Crippen LogP) is 1.47. The van der Waals surface area contributed by atoms with E-state index in [1.54, 1.807) is 24.3 Å². The van der Waals surface area contributed by atoms with Crippen LogP contribution in [0.5, 0.6) is 0 Å². The minimum atomic E-state index is -0.982. The first-order valence-corrected chi connectivity index (χ1v) is 6.20. The Hall–Kier alpha value is -2.14. The molecule has 1 aliphatic heterocycles. The van der Waals surface area contributed by atoms with Crippen LogP contribution in [0.25, 0.3) is 6.08 Å². The maximum atomic E-state index is 11.8. The van der Waals surface area contributed by atoms with Crippen molar-refractivity contribution < 1.29 is 14.7 Å². The van der Waals surface area contributed by atoms with Gasteiger partial charge in [0.25, 0.3) is 0 Å². The number of aliphatic carboxylic acids is 1. The third-order valence-corrected chi connectivity index (χ3v) is 2.97. The zero-order valence-electron chi connectivity index (χ0n) is 10.4. The lowest BCUT2D eigenvalue weighted by atomic mass is 10.1. The smallest absolute Gasteiger partial charge is 0.328 e. The van der Waals surface area contributed by atoms with Crippen LogP contribution in [0.2, 0.25) is 0 Å². The first kappa shape index (κ1) is 13.3. The van der Waals surface area contributed by atoms with Gasteiger partial charge >= 0.3 is 5.97 Å². The van der Waals surface area contributed by atoms with Crippen LogP contribution in [0.15, 0.2) is 30.3 Å². The summed E-state index contributed by atoms with van der Waals surface area (Å²) < 4.78 is 0. The summed E-state index contributed by atoms with van der Waals surface area (Å²) in [4.78, 5) is 22.2. The summed E-state index contributed by atoms with van der Waals surface area (Å²) in [5.41, 5.74) is 1.49. The van der Waals surface area contributed by atoms with Gasteiger partial charge in [0.05, 0.1) is 6.04 Å². The number of anilines is 1. The number of nitrogens with one attached hydrogen (secondary N) is 2. The summed E-state index contributed by atoms with van der Waals surface area (Å²) in [6.07, 6.45) is 4.48. The van der Waals surface area contributed by atoms with Crippen molar-refractivity contribution in [1.82, 2.24) is 5.32 Å². The normalized spacial score (nSPS) is 18.6. The molecule has 0 unspecified atom stereocenters. The first-order valence-electron chi connectivity index (χ1n) is 6.20. The monoisotopic (exact) mass is 260 g/mol. The number of carboxylic acid groups (broad SMARTS) is 1. The molecule has 1 atom stereocenters. The highest BCUT2D eigenvalue weighted by molar-refractivity contribution is 5.95. The number of carboxylic acids is 1. The van der Waals surface area contributed by atoms with Gasteiger partial charge in [-0.25, -0.2) is 4.79 Å². The second-order valence-corrected chi connectivity index (χ2v) is 4.43. The quantitative estimate of drug-likeness (QED) is 0.716. The molecule has 100 valence electrons. The lowest BCUT2D eigenvalue weighted by molar-refractivity contribution is -0.131. The number of carbonyl (C=O) groups excluding carboxylic acids is 1. The van der Waals surface area contributed by atoms with E-state index in [2.05, 4.69) is 10.6 Å². The first-order chi connectivity index (χ1) is 9.15. The van der Waals surface area contributed by atoms with Crippen molar-refractivity contribution in [3.8, 4) is 0 Å². The van der Waals surface area contributed by atoms with Crippen molar-refractivity contribution >= 4 is 23.6 Å². The molecule has 1 heterocycles. The number of hydrogen-bond donors (Lipinski definition) is 3. The lowest BCUT2D eigenvalue weighted by Gasteiger charge is -2.11. The lowest BCUT2D eigenvalue weighted by Crippen LogP contribution is -2.35. The van der Waals surface area contributed by atoms with Gasteiger partial charge in [-0.15, -0.1) is 0 Å². The average Bonchev–Trinajstić information content (AvgIpc) is 2.92. The van der Waals surface area contributed by atoms with Gasteiger partial charge in [-0.2, -0.15) is 0 Å². The highest BCUT2D eigenvalue weighted by Crippen LogP contribution is 2.13. The molecule has 0 radical (unpaired) electrons. The third-order valence-electron chi connectivity index (χ3n) is 2.97. The zero-order valence-corrected chi connectivity index (χ0v) is 10.4. The summed E-state index contributed by atoms with van der Waals surface area (Å²) in [7, 11) is 0. The number of amides is 1. The van der Waals surface area contributed by atoms with Crippen molar-refractivity contribution in [2.45, 2.75) is 18.9 Å². The minimum absolute atomic E-state index is 0.0219. The highest BCUT2D eigenvalue weighted by Gasteiger charge is 2.21. The second kappa shape index (κ2) is 6.15. The van der Waals surface area contributed by atoms with Crippen LogP contribution in [0, 0.1) is 0 Å². The standard InChI is InChI=1S/C14H16N2O3/c17-13(18)8-5-10-3-6-11(7-4-10)16-14(19)12-2-1-9-15-12/h3-8,12,15H,1-2,9H2,(H,16,19)(H,17,18)/b8-5+/t12-/m0/s1. The van der Waals surface area contributed by atoms with Crippen molar-refractivity contribution in [2.75, 3.05) is 11.9 Å². The fourth-order valence-corrected chi connectivity index (χ4v) is 1.98. The predicted molar refractivity (Wildman–Crippen MR) is 72.8 cm³/mol. The summed E-state index contributed by atoms with van der Waals surface area (Å²) in [5.74, 6) is -1.00. The number of hydrogen-bond acceptors (Lipinski definition) is 3. The van der Waals surface area contributed by atoms with Crippen LogP contribution < -0.4 is 10.6 Å². The molecular formula is C14H16N2O3. The van der Waals surface area contributed by atoms with E-state index in [4.69, 9.17) is 5.11 Å². The molecule has 0 aromatic heterocycles. The van der Waals surface area contributed by atoms with Gasteiger partial charge in [-0.05, 0) is 43.2 Å². The molecule has 0 spiro atoms. The summed E-state index contributed by atoms with van der Waals surface area (Å²) >= 11 is 0. The third kappa shape index (κ3) is 3.93. The van der Waals surface area contributed by atoms with E-state index in [1.165, 1.54) is 6.08 Å². The Labute approximate surface area is 111 Å². The Bertz CT molecular complexity index is 488.